The number of carboxylic acid groups (broad SMARTS) is 1. The summed E-state index contributed by atoms with van der Waals surface area (Å²) in [6.07, 6.45) is -0.869. The number of pyridine rings is 1. The van der Waals surface area contributed by atoms with Gasteiger partial charge in [0.25, 0.3) is 0 Å². The molecular formula is C23H25F2N3O6. The van der Waals surface area contributed by atoms with E-state index in [1.54, 1.807) is 25.1 Å². The molecule has 0 spiro atoms. The van der Waals surface area contributed by atoms with Crippen molar-refractivity contribution in [3.05, 3.63) is 53.2 Å². The molecule has 3 rings (SSSR count). The highest BCUT2D eigenvalue weighted by atomic mass is 19.3. The van der Waals surface area contributed by atoms with Crippen molar-refractivity contribution in [1.82, 2.24) is 9.88 Å². The largest absolute Gasteiger partial charge is 0.479 e. The number of hydrogen-bond acceptors (Lipinski definition) is 6. The van der Waals surface area contributed by atoms with E-state index in [-0.39, 0.29) is 24.7 Å². The van der Waals surface area contributed by atoms with E-state index in [1.165, 1.54) is 11.0 Å². The van der Waals surface area contributed by atoms with Crippen molar-refractivity contribution in [2.75, 3.05) is 25.0 Å². The number of rotatable bonds is 8. The predicted octanol–water partition coefficient (Wildman–Crippen LogP) is 3.53. The normalized spacial score (nSPS) is 14.5. The Balaban J connectivity index is 1.94. The summed E-state index contributed by atoms with van der Waals surface area (Å²) in [4.78, 5) is 41.7. The zero-order chi connectivity index (χ0) is 25.0. The number of hydrogen-bond donors (Lipinski definition) is 2. The molecule has 1 aliphatic rings. The number of ether oxygens (including phenoxy) is 2. The van der Waals surface area contributed by atoms with Gasteiger partial charge in [-0.2, -0.15) is 8.78 Å². The number of carbonyl (C=O) groups is 3. The van der Waals surface area contributed by atoms with E-state index in [9.17, 15) is 23.2 Å². The molecule has 2 amide bonds. The molecule has 9 nitrogen and oxygen atoms in total. The monoisotopic (exact) mass is 477 g/mol. The third-order valence-electron chi connectivity index (χ3n) is 5.48. The number of carbonyl (C=O) groups excluding carboxylic acids is 2. The van der Waals surface area contributed by atoms with Gasteiger partial charge in [-0.3, -0.25) is 4.79 Å². The van der Waals surface area contributed by atoms with Gasteiger partial charge >= 0.3 is 18.7 Å². The number of aliphatic carboxylic acids is 1. The van der Waals surface area contributed by atoms with Gasteiger partial charge in [0.15, 0.2) is 6.61 Å². The van der Waals surface area contributed by atoms with Gasteiger partial charge in [0.1, 0.15) is 11.1 Å². The number of amides is 2. The highest BCUT2D eigenvalue weighted by Gasteiger charge is 2.54. The molecule has 1 aromatic carbocycles. The molecule has 1 aromatic heterocycles. The van der Waals surface area contributed by atoms with Crippen LogP contribution in [0.15, 0.2) is 36.4 Å². The van der Waals surface area contributed by atoms with Crippen LogP contribution < -0.4 is 10.1 Å². The number of nitrogens with one attached hydrogen (secondary N) is 1. The second kappa shape index (κ2) is 10.0. The number of likely N-dealkylation sites (tertiary alicyclic amines) is 1. The molecule has 0 saturated carbocycles. The summed E-state index contributed by atoms with van der Waals surface area (Å²) >= 11 is 0. The summed E-state index contributed by atoms with van der Waals surface area (Å²) in [5, 5.41) is 11.4. The molecule has 1 saturated heterocycles. The van der Waals surface area contributed by atoms with Crippen LogP contribution in [-0.4, -0.2) is 59.3 Å². The lowest BCUT2D eigenvalue weighted by molar-refractivity contribution is -0.141. The maximum atomic E-state index is 13.6. The van der Waals surface area contributed by atoms with Crippen LogP contribution in [0.3, 0.4) is 0 Å². The van der Waals surface area contributed by atoms with Gasteiger partial charge in [-0.25, -0.2) is 14.6 Å². The summed E-state index contributed by atoms with van der Waals surface area (Å²) in [6.45, 7) is 1.39. The van der Waals surface area contributed by atoms with Crippen LogP contribution in [0.2, 0.25) is 0 Å². The minimum absolute atomic E-state index is 0.0378. The van der Waals surface area contributed by atoms with E-state index in [2.05, 4.69) is 15.0 Å². The number of aromatic nitrogens is 1. The Hall–Kier alpha value is -3.76. The number of alkyl halides is 2. The number of anilines is 1. The summed E-state index contributed by atoms with van der Waals surface area (Å²) < 4.78 is 35.0. The summed E-state index contributed by atoms with van der Waals surface area (Å²) in [5.74, 6) is -2.23. The second-order valence-electron chi connectivity index (χ2n) is 8.27. The average molecular weight is 477 g/mol. The topological polar surface area (TPSA) is 118 Å². The Kier molecular flexibility index (Phi) is 7.33. The molecule has 2 N–H and O–H groups in total. The van der Waals surface area contributed by atoms with Crippen LogP contribution >= 0.6 is 0 Å². The lowest BCUT2D eigenvalue weighted by Gasteiger charge is -2.49. The smallest absolute Gasteiger partial charge is 0.410 e. The Labute approximate surface area is 194 Å². The van der Waals surface area contributed by atoms with E-state index >= 15 is 0 Å². The SMILES string of the molecule is Cc1ccc(NC(=O)C2(c3ccccc3C(C)C)CN(C(=O)OCC(=O)O)C2)c(OC(F)F)n1. The van der Waals surface area contributed by atoms with Crippen molar-refractivity contribution < 1.29 is 37.7 Å². The minimum atomic E-state index is -3.14. The summed E-state index contributed by atoms with van der Waals surface area (Å²) in [7, 11) is 0. The van der Waals surface area contributed by atoms with Crippen molar-refractivity contribution in [1.29, 1.82) is 0 Å². The molecule has 34 heavy (non-hydrogen) atoms. The fourth-order valence-corrected chi connectivity index (χ4v) is 3.87. The Morgan fingerprint density at radius 1 is 1.18 bits per heavy atom. The van der Waals surface area contributed by atoms with Gasteiger partial charge < -0.3 is 24.8 Å². The molecule has 0 aliphatic carbocycles. The van der Waals surface area contributed by atoms with Crippen LogP contribution in [0.1, 0.15) is 36.6 Å². The molecule has 0 radical (unpaired) electrons. The van der Waals surface area contributed by atoms with E-state index in [1.807, 2.05) is 26.0 Å². The molecule has 0 atom stereocenters. The van der Waals surface area contributed by atoms with E-state index in [0.29, 0.717) is 11.3 Å². The maximum Gasteiger partial charge on any atom is 0.410 e. The molecule has 2 heterocycles. The zero-order valence-corrected chi connectivity index (χ0v) is 18.9. The van der Waals surface area contributed by atoms with Crippen molar-refractivity contribution in [3.8, 4) is 5.88 Å². The lowest BCUT2D eigenvalue weighted by Crippen LogP contribution is -2.66. The van der Waals surface area contributed by atoms with Crippen LogP contribution in [0.5, 0.6) is 5.88 Å². The highest BCUT2D eigenvalue weighted by molar-refractivity contribution is 6.02. The fraction of sp³-hybridized carbons (Fsp3) is 0.391. The number of nitrogens with zero attached hydrogens (tertiary/aromatic N) is 2. The van der Waals surface area contributed by atoms with Crippen LogP contribution in [0.4, 0.5) is 19.3 Å². The molecule has 0 unspecified atom stereocenters. The molecule has 1 fully saturated rings. The van der Waals surface area contributed by atoms with Gasteiger partial charge in [-0.1, -0.05) is 38.1 Å². The first-order chi connectivity index (χ1) is 16.0. The molecule has 182 valence electrons. The van der Waals surface area contributed by atoms with Crippen molar-refractivity contribution in [3.63, 3.8) is 0 Å². The van der Waals surface area contributed by atoms with Crippen LogP contribution in [0, 0.1) is 6.92 Å². The molecular weight excluding hydrogens is 452 g/mol. The standard InChI is InChI=1S/C23H25F2N3O6/c1-13(2)15-6-4-5-7-16(15)23(11-28(12-23)22(32)33-10-18(29)30)20(31)27-17-9-8-14(3)26-19(17)34-21(24)25/h4-9,13,21H,10-12H2,1-3H3,(H,27,31)(H,29,30). The summed E-state index contributed by atoms with van der Waals surface area (Å²) in [5.41, 5.74) is 0.702. The molecule has 2 aromatic rings. The Morgan fingerprint density at radius 3 is 2.47 bits per heavy atom. The highest BCUT2D eigenvalue weighted by Crippen LogP contribution is 2.40. The first-order valence-corrected chi connectivity index (χ1v) is 10.5. The Bertz CT molecular complexity index is 1090. The van der Waals surface area contributed by atoms with E-state index in [0.717, 1.165) is 5.56 Å². The van der Waals surface area contributed by atoms with E-state index < -0.39 is 42.5 Å². The molecule has 11 heteroatoms. The van der Waals surface area contributed by atoms with Crippen LogP contribution in [0.25, 0.3) is 0 Å². The maximum absolute atomic E-state index is 13.6. The van der Waals surface area contributed by atoms with Gasteiger partial charge in [-0.05, 0) is 36.1 Å². The number of halogens is 2. The van der Waals surface area contributed by atoms with Gasteiger partial charge in [0.05, 0.1) is 0 Å². The van der Waals surface area contributed by atoms with E-state index in [4.69, 9.17) is 9.84 Å². The van der Waals surface area contributed by atoms with Crippen molar-refractivity contribution in [2.45, 2.75) is 38.7 Å². The minimum Gasteiger partial charge on any atom is -0.479 e. The third-order valence-corrected chi connectivity index (χ3v) is 5.48. The number of aryl methyl sites for hydroxylation is 1. The number of benzene rings is 1. The number of carboxylic acids is 1. The Morgan fingerprint density at radius 2 is 1.85 bits per heavy atom. The second-order valence-corrected chi connectivity index (χ2v) is 8.27. The van der Waals surface area contributed by atoms with Gasteiger partial charge in [-0.15, -0.1) is 0 Å². The van der Waals surface area contributed by atoms with Gasteiger partial charge in [0, 0.05) is 18.8 Å². The summed E-state index contributed by atoms with van der Waals surface area (Å²) in [6, 6.07) is 10.2. The van der Waals surface area contributed by atoms with Crippen molar-refractivity contribution >= 4 is 23.7 Å². The average Bonchev–Trinajstić information content (AvgIpc) is 2.73. The zero-order valence-electron chi connectivity index (χ0n) is 18.9. The van der Waals surface area contributed by atoms with Gasteiger partial charge in [0.2, 0.25) is 11.8 Å². The first-order valence-electron chi connectivity index (χ1n) is 10.5. The first kappa shape index (κ1) is 24.9. The van der Waals surface area contributed by atoms with Crippen molar-refractivity contribution in [2.24, 2.45) is 0 Å². The lowest BCUT2D eigenvalue weighted by atomic mass is 9.70. The third kappa shape index (κ3) is 5.24. The van der Waals surface area contributed by atoms with Crippen LogP contribution in [-0.2, 0) is 19.7 Å². The predicted molar refractivity (Wildman–Crippen MR) is 117 cm³/mol. The molecule has 0 bridgehead atoms. The fourth-order valence-electron chi connectivity index (χ4n) is 3.87. The molecule has 1 aliphatic heterocycles. The quantitative estimate of drug-likeness (QED) is 0.597.